The van der Waals surface area contributed by atoms with Crippen LogP contribution in [0.4, 0.5) is 0 Å². The second kappa shape index (κ2) is 8.86. The van der Waals surface area contributed by atoms with E-state index in [2.05, 4.69) is 19.1 Å². The molecule has 0 heterocycles. The van der Waals surface area contributed by atoms with Crippen LogP contribution >= 0.6 is 0 Å². The Hall–Kier alpha value is -3.33. The first-order valence-corrected chi connectivity index (χ1v) is 8.97. The monoisotopic (exact) mass is 358 g/mol. The molecule has 3 aromatic carbocycles. The maximum Gasteiger partial charge on any atom is 0.157 e. The molecule has 0 amide bonds. The molecule has 0 atom stereocenters. The fourth-order valence-electron chi connectivity index (χ4n) is 3.16. The van der Waals surface area contributed by atoms with Crippen molar-refractivity contribution in [3.63, 3.8) is 0 Å². The normalized spacial score (nSPS) is 11.6. The summed E-state index contributed by atoms with van der Waals surface area (Å²) < 4.78 is 5.37. The van der Waals surface area contributed by atoms with Gasteiger partial charge >= 0.3 is 0 Å². The molecule has 27 heavy (non-hydrogen) atoms. The van der Waals surface area contributed by atoms with E-state index in [-0.39, 0.29) is 12.4 Å². The van der Waals surface area contributed by atoms with Crippen molar-refractivity contribution in [2.75, 3.05) is 6.61 Å². The largest absolute Gasteiger partial charge is 0.508 e. The number of aldehydes is 1. The molecule has 0 aliphatic heterocycles. The van der Waals surface area contributed by atoms with E-state index < -0.39 is 0 Å². The lowest BCUT2D eigenvalue weighted by molar-refractivity contribution is -0.109. The fourth-order valence-corrected chi connectivity index (χ4v) is 3.16. The minimum Gasteiger partial charge on any atom is -0.508 e. The summed E-state index contributed by atoms with van der Waals surface area (Å²) in [6.45, 7) is 2.19. The summed E-state index contributed by atoms with van der Waals surface area (Å²) in [4.78, 5) is 10.5. The SMILES string of the molecule is CC/C(=C(\c1ccc(O)cc1)c1ccc(OCC=O)cc1)c1ccccc1. The van der Waals surface area contributed by atoms with Crippen LogP contribution in [0.3, 0.4) is 0 Å². The average molecular weight is 358 g/mol. The van der Waals surface area contributed by atoms with Crippen LogP contribution in [0.5, 0.6) is 11.5 Å². The highest BCUT2D eigenvalue weighted by Crippen LogP contribution is 2.35. The summed E-state index contributed by atoms with van der Waals surface area (Å²) in [5.41, 5.74) is 5.60. The molecule has 0 aliphatic rings. The lowest BCUT2D eigenvalue weighted by atomic mass is 9.88. The van der Waals surface area contributed by atoms with E-state index in [0.29, 0.717) is 5.75 Å². The molecule has 136 valence electrons. The molecule has 0 bridgehead atoms. The predicted molar refractivity (Wildman–Crippen MR) is 109 cm³/mol. The van der Waals surface area contributed by atoms with Crippen molar-refractivity contribution in [3.05, 3.63) is 95.6 Å². The fraction of sp³-hybridized carbons (Fsp3) is 0.125. The van der Waals surface area contributed by atoms with E-state index in [1.807, 2.05) is 54.6 Å². The molecule has 0 saturated carbocycles. The zero-order valence-corrected chi connectivity index (χ0v) is 15.3. The number of rotatable bonds is 7. The van der Waals surface area contributed by atoms with Gasteiger partial charge in [-0.2, -0.15) is 0 Å². The van der Waals surface area contributed by atoms with Crippen molar-refractivity contribution < 1.29 is 14.6 Å². The molecular formula is C24H22O3. The first-order valence-electron chi connectivity index (χ1n) is 8.97. The van der Waals surface area contributed by atoms with Crippen LogP contribution in [0, 0.1) is 0 Å². The smallest absolute Gasteiger partial charge is 0.157 e. The van der Waals surface area contributed by atoms with E-state index in [0.717, 1.165) is 29.4 Å². The molecular weight excluding hydrogens is 336 g/mol. The molecule has 1 N–H and O–H groups in total. The van der Waals surface area contributed by atoms with Crippen molar-refractivity contribution >= 4 is 17.4 Å². The molecule has 3 rings (SSSR count). The van der Waals surface area contributed by atoms with E-state index in [9.17, 15) is 9.90 Å². The quantitative estimate of drug-likeness (QED) is 0.458. The summed E-state index contributed by atoms with van der Waals surface area (Å²) in [6.07, 6.45) is 1.60. The Morgan fingerprint density at radius 2 is 1.44 bits per heavy atom. The Kier molecular flexibility index (Phi) is 6.06. The van der Waals surface area contributed by atoms with E-state index in [1.54, 1.807) is 12.1 Å². The summed E-state index contributed by atoms with van der Waals surface area (Å²) in [5.74, 6) is 0.905. The summed E-state index contributed by atoms with van der Waals surface area (Å²) >= 11 is 0. The first kappa shape index (κ1) is 18.5. The molecule has 3 heteroatoms. The van der Waals surface area contributed by atoms with Crippen molar-refractivity contribution in [3.8, 4) is 11.5 Å². The first-order chi connectivity index (χ1) is 13.2. The molecule has 3 aromatic rings. The van der Waals surface area contributed by atoms with Crippen molar-refractivity contribution in [1.29, 1.82) is 0 Å². The van der Waals surface area contributed by atoms with E-state index in [1.165, 1.54) is 11.1 Å². The molecule has 0 fully saturated rings. The number of ether oxygens (including phenoxy) is 1. The average Bonchev–Trinajstić information content (AvgIpc) is 2.72. The predicted octanol–water partition coefficient (Wildman–Crippen LogP) is 5.34. The molecule has 0 aromatic heterocycles. The van der Waals surface area contributed by atoms with Crippen molar-refractivity contribution in [1.82, 2.24) is 0 Å². The standard InChI is InChI=1S/C24H22O3/c1-2-23(18-6-4-3-5-7-18)24(19-8-12-21(26)13-9-19)20-10-14-22(15-11-20)27-17-16-25/h3-16,26H,2,17H2,1H3/b24-23-. The molecule has 0 unspecified atom stereocenters. The van der Waals surface area contributed by atoms with Gasteiger partial charge in [0.2, 0.25) is 0 Å². The number of aromatic hydroxyl groups is 1. The molecule has 0 spiro atoms. The van der Waals surface area contributed by atoms with Gasteiger partial charge in [-0.15, -0.1) is 0 Å². The Morgan fingerprint density at radius 3 is 2.00 bits per heavy atom. The van der Waals surface area contributed by atoms with Gasteiger partial charge in [-0.1, -0.05) is 61.5 Å². The van der Waals surface area contributed by atoms with Gasteiger partial charge in [0.15, 0.2) is 6.29 Å². The van der Waals surface area contributed by atoms with Gasteiger partial charge in [0.1, 0.15) is 18.1 Å². The maximum absolute atomic E-state index is 10.5. The minimum absolute atomic E-state index is 0.0459. The van der Waals surface area contributed by atoms with E-state index in [4.69, 9.17) is 4.74 Å². The van der Waals surface area contributed by atoms with Gasteiger partial charge in [0, 0.05) is 0 Å². The Balaban J connectivity index is 2.14. The zero-order valence-electron chi connectivity index (χ0n) is 15.3. The molecule has 0 saturated heterocycles. The highest BCUT2D eigenvalue weighted by atomic mass is 16.5. The number of hydrogen-bond acceptors (Lipinski definition) is 3. The van der Waals surface area contributed by atoms with Gasteiger partial charge in [-0.25, -0.2) is 0 Å². The zero-order chi connectivity index (χ0) is 19.1. The number of benzene rings is 3. The third kappa shape index (κ3) is 4.45. The maximum atomic E-state index is 10.5. The van der Waals surface area contributed by atoms with Gasteiger partial charge < -0.3 is 9.84 Å². The second-order valence-electron chi connectivity index (χ2n) is 6.12. The highest BCUT2D eigenvalue weighted by molar-refractivity contribution is 5.98. The van der Waals surface area contributed by atoms with Gasteiger partial charge in [0.25, 0.3) is 0 Å². The summed E-state index contributed by atoms with van der Waals surface area (Å²) in [5, 5.41) is 9.68. The van der Waals surface area contributed by atoms with Gasteiger partial charge in [0.05, 0.1) is 0 Å². The Labute approximate surface area is 159 Å². The lowest BCUT2D eigenvalue weighted by Gasteiger charge is -2.17. The molecule has 0 aliphatic carbocycles. The molecule has 3 nitrogen and oxygen atoms in total. The van der Waals surface area contributed by atoms with Crippen LogP contribution < -0.4 is 4.74 Å². The van der Waals surface area contributed by atoms with Crippen LogP contribution in [0.1, 0.15) is 30.0 Å². The topological polar surface area (TPSA) is 46.5 Å². The number of phenols is 1. The number of hydrogen-bond donors (Lipinski definition) is 1. The number of phenolic OH excluding ortho intramolecular Hbond substituents is 1. The second-order valence-corrected chi connectivity index (χ2v) is 6.12. The Morgan fingerprint density at radius 1 is 0.852 bits per heavy atom. The number of carbonyl (C=O) groups is 1. The lowest BCUT2D eigenvalue weighted by Crippen LogP contribution is -1.98. The van der Waals surface area contributed by atoms with E-state index >= 15 is 0 Å². The van der Waals surface area contributed by atoms with Crippen LogP contribution in [-0.2, 0) is 4.79 Å². The summed E-state index contributed by atoms with van der Waals surface area (Å²) in [7, 11) is 0. The number of allylic oxidation sites excluding steroid dienone is 1. The van der Waals surface area contributed by atoms with Crippen LogP contribution in [0.2, 0.25) is 0 Å². The summed E-state index contributed by atoms with van der Waals surface area (Å²) in [6, 6.07) is 25.3. The third-order valence-corrected chi connectivity index (χ3v) is 4.39. The van der Waals surface area contributed by atoms with Crippen molar-refractivity contribution in [2.24, 2.45) is 0 Å². The van der Waals surface area contributed by atoms with Crippen LogP contribution in [-0.4, -0.2) is 18.0 Å². The van der Waals surface area contributed by atoms with Crippen LogP contribution in [0.15, 0.2) is 78.9 Å². The van der Waals surface area contributed by atoms with Gasteiger partial charge in [-0.05, 0) is 58.5 Å². The van der Waals surface area contributed by atoms with Crippen molar-refractivity contribution in [2.45, 2.75) is 13.3 Å². The molecule has 0 radical (unpaired) electrons. The minimum atomic E-state index is 0.0459. The van der Waals surface area contributed by atoms with Crippen LogP contribution in [0.25, 0.3) is 11.1 Å². The van der Waals surface area contributed by atoms with Gasteiger partial charge in [-0.3, -0.25) is 4.79 Å². The highest BCUT2D eigenvalue weighted by Gasteiger charge is 2.13. The number of carbonyl (C=O) groups excluding carboxylic acids is 1. The third-order valence-electron chi connectivity index (χ3n) is 4.39. The Bertz CT molecular complexity index is 908.